The van der Waals surface area contributed by atoms with Gasteiger partial charge in [0.15, 0.2) is 0 Å². The van der Waals surface area contributed by atoms with Crippen molar-refractivity contribution in [1.29, 1.82) is 0 Å². The molecule has 0 aromatic rings. The molecule has 0 bridgehead atoms. The number of rotatable bonds is 12. The predicted molar refractivity (Wildman–Crippen MR) is 89.7 cm³/mol. The summed E-state index contributed by atoms with van der Waals surface area (Å²) in [5.41, 5.74) is 10.4. The van der Waals surface area contributed by atoms with Crippen molar-refractivity contribution in [3.63, 3.8) is 0 Å². The molecule has 0 rings (SSSR count). The number of nitrogens with one attached hydrogen (secondary N) is 3. The van der Waals surface area contributed by atoms with Crippen LogP contribution >= 0.6 is 0 Å². The Morgan fingerprint density at radius 3 is 1.70 bits per heavy atom. The Morgan fingerprint density at radius 2 is 1.30 bits per heavy atom. The van der Waals surface area contributed by atoms with Crippen LogP contribution in [0.4, 0.5) is 0 Å². The molecule has 0 aliphatic rings. The van der Waals surface area contributed by atoms with Crippen molar-refractivity contribution < 1.29 is 39.3 Å². The van der Waals surface area contributed by atoms with Gasteiger partial charge in [-0.25, -0.2) is 4.79 Å². The van der Waals surface area contributed by atoms with E-state index in [1.165, 1.54) is 6.92 Å². The van der Waals surface area contributed by atoms with Crippen LogP contribution < -0.4 is 27.4 Å². The summed E-state index contributed by atoms with van der Waals surface area (Å²) < 4.78 is 0. The second kappa shape index (κ2) is 11.8. The van der Waals surface area contributed by atoms with Gasteiger partial charge in [0.2, 0.25) is 23.6 Å². The van der Waals surface area contributed by atoms with Crippen LogP contribution in [0.1, 0.15) is 19.8 Å². The molecule has 13 heteroatoms. The summed E-state index contributed by atoms with van der Waals surface area (Å²) >= 11 is 0. The Bertz CT molecular complexity index is 568. The maximum Gasteiger partial charge on any atom is 0.328 e. The molecule has 27 heavy (non-hydrogen) atoms. The molecule has 0 aliphatic heterocycles. The Labute approximate surface area is 154 Å². The number of amides is 4. The number of aliphatic hydroxyl groups excluding tert-OH is 2. The van der Waals surface area contributed by atoms with Gasteiger partial charge in [0.1, 0.15) is 18.1 Å². The molecule has 0 spiro atoms. The van der Waals surface area contributed by atoms with Crippen LogP contribution in [-0.2, 0) is 24.0 Å². The van der Waals surface area contributed by atoms with Gasteiger partial charge in [0, 0.05) is 6.42 Å². The quantitative estimate of drug-likeness (QED) is 0.159. The van der Waals surface area contributed by atoms with E-state index in [2.05, 4.69) is 10.6 Å². The zero-order valence-corrected chi connectivity index (χ0v) is 14.7. The molecule has 0 fully saturated rings. The summed E-state index contributed by atoms with van der Waals surface area (Å²) in [5.74, 6) is -4.94. The number of nitrogens with two attached hydrogens (primary N) is 2. The summed E-state index contributed by atoms with van der Waals surface area (Å²) in [6, 6.07) is -5.42. The number of aliphatic hydroxyl groups is 2. The minimum absolute atomic E-state index is 0.187. The van der Waals surface area contributed by atoms with Crippen molar-refractivity contribution in [1.82, 2.24) is 16.0 Å². The molecule has 4 unspecified atom stereocenters. The van der Waals surface area contributed by atoms with Crippen molar-refractivity contribution in [2.45, 2.75) is 43.9 Å². The largest absolute Gasteiger partial charge is 0.480 e. The second-order valence-corrected chi connectivity index (χ2v) is 5.68. The highest BCUT2D eigenvalue weighted by atomic mass is 16.4. The van der Waals surface area contributed by atoms with E-state index in [9.17, 15) is 29.1 Å². The first kappa shape index (κ1) is 24.2. The van der Waals surface area contributed by atoms with Gasteiger partial charge in [-0.1, -0.05) is 0 Å². The maximum absolute atomic E-state index is 12.3. The van der Waals surface area contributed by atoms with Crippen LogP contribution in [0, 0.1) is 0 Å². The summed E-state index contributed by atoms with van der Waals surface area (Å²) in [7, 11) is 0. The minimum atomic E-state index is -1.63. The average Bonchev–Trinajstić information content (AvgIpc) is 2.59. The van der Waals surface area contributed by atoms with E-state index < -0.39 is 67.0 Å². The normalized spacial score (nSPS) is 15.0. The highest BCUT2D eigenvalue weighted by Crippen LogP contribution is 2.00. The lowest BCUT2D eigenvalue weighted by Crippen LogP contribution is -2.58. The SMILES string of the molecule is CC(N)C(=O)NC(CCC(N)=O)C(=O)NC(CO)C(=O)NC(CO)C(=O)O. The van der Waals surface area contributed by atoms with E-state index in [-0.39, 0.29) is 12.8 Å². The van der Waals surface area contributed by atoms with Crippen molar-refractivity contribution in [3.05, 3.63) is 0 Å². The van der Waals surface area contributed by atoms with Gasteiger partial charge in [-0.2, -0.15) is 0 Å². The summed E-state index contributed by atoms with van der Waals surface area (Å²) in [5, 5.41) is 33.3. The molecular formula is C14H25N5O8. The number of aliphatic carboxylic acids is 1. The monoisotopic (exact) mass is 391 g/mol. The minimum Gasteiger partial charge on any atom is -0.480 e. The van der Waals surface area contributed by atoms with E-state index in [0.717, 1.165) is 0 Å². The lowest BCUT2D eigenvalue weighted by Gasteiger charge is -2.23. The van der Waals surface area contributed by atoms with Crippen LogP contribution in [0.5, 0.6) is 0 Å². The summed E-state index contributed by atoms with van der Waals surface area (Å²) in [6.07, 6.45) is -0.438. The molecule has 0 radical (unpaired) electrons. The lowest BCUT2D eigenvalue weighted by atomic mass is 10.1. The summed E-state index contributed by atoms with van der Waals surface area (Å²) in [4.78, 5) is 57.7. The Balaban J connectivity index is 5.10. The molecule has 0 heterocycles. The Hall–Kier alpha value is -2.77. The van der Waals surface area contributed by atoms with Crippen LogP contribution in [-0.4, -0.2) is 82.3 Å². The molecule has 13 nitrogen and oxygen atoms in total. The fourth-order valence-corrected chi connectivity index (χ4v) is 1.78. The Kier molecular flexibility index (Phi) is 10.6. The fourth-order valence-electron chi connectivity index (χ4n) is 1.78. The van der Waals surface area contributed by atoms with E-state index in [1.807, 2.05) is 5.32 Å². The van der Waals surface area contributed by atoms with Crippen LogP contribution in [0.25, 0.3) is 0 Å². The zero-order chi connectivity index (χ0) is 21.1. The molecule has 0 aliphatic carbocycles. The fraction of sp³-hybridized carbons (Fsp3) is 0.643. The summed E-state index contributed by atoms with van der Waals surface area (Å²) in [6.45, 7) is -0.429. The molecule has 0 aromatic carbocycles. The highest BCUT2D eigenvalue weighted by molar-refractivity contribution is 5.94. The van der Waals surface area contributed by atoms with Gasteiger partial charge in [-0.15, -0.1) is 0 Å². The number of hydrogen-bond acceptors (Lipinski definition) is 8. The number of primary amides is 1. The van der Waals surface area contributed by atoms with Gasteiger partial charge in [-0.3, -0.25) is 19.2 Å². The van der Waals surface area contributed by atoms with Gasteiger partial charge >= 0.3 is 5.97 Å². The smallest absolute Gasteiger partial charge is 0.328 e. The van der Waals surface area contributed by atoms with E-state index in [1.54, 1.807) is 0 Å². The molecular weight excluding hydrogens is 366 g/mol. The number of carbonyl (C=O) groups is 5. The molecule has 154 valence electrons. The first-order chi connectivity index (χ1) is 12.5. The van der Waals surface area contributed by atoms with Gasteiger partial charge in [0.25, 0.3) is 0 Å². The zero-order valence-electron chi connectivity index (χ0n) is 14.7. The number of carbonyl (C=O) groups excluding carboxylic acids is 4. The topological polar surface area (TPSA) is 234 Å². The standard InChI is InChI=1S/C14H25N5O8/c1-6(15)11(23)17-7(2-3-10(16)22)12(24)18-8(4-20)13(25)19-9(5-21)14(26)27/h6-9,20-21H,2-5,15H2,1H3,(H2,16,22)(H,17,23)(H,18,24)(H,19,25)(H,26,27). The lowest BCUT2D eigenvalue weighted by molar-refractivity contribution is -0.143. The number of carboxylic acid groups (broad SMARTS) is 1. The molecule has 0 saturated carbocycles. The number of carboxylic acids is 1. The predicted octanol–water partition coefficient (Wildman–Crippen LogP) is -4.88. The third-order valence-corrected chi connectivity index (χ3v) is 3.34. The van der Waals surface area contributed by atoms with E-state index in [0.29, 0.717) is 0 Å². The van der Waals surface area contributed by atoms with Crippen LogP contribution in [0.3, 0.4) is 0 Å². The molecule has 0 aromatic heterocycles. The van der Waals surface area contributed by atoms with Crippen molar-refractivity contribution in [2.75, 3.05) is 13.2 Å². The van der Waals surface area contributed by atoms with Crippen LogP contribution in [0.2, 0.25) is 0 Å². The molecule has 0 saturated heterocycles. The third-order valence-electron chi connectivity index (χ3n) is 3.34. The van der Waals surface area contributed by atoms with Gasteiger partial charge in [0.05, 0.1) is 19.3 Å². The Morgan fingerprint density at radius 1 is 0.852 bits per heavy atom. The molecule has 4 atom stereocenters. The van der Waals surface area contributed by atoms with Crippen molar-refractivity contribution >= 4 is 29.6 Å². The second-order valence-electron chi connectivity index (χ2n) is 5.68. The van der Waals surface area contributed by atoms with Gasteiger partial charge < -0.3 is 42.7 Å². The van der Waals surface area contributed by atoms with E-state index >= 15 is 0 Å². The molecule has 10 N–H and O–H groups in total. The maximum atomic E-state index is 12.3. The van der Waals surface area contributed by atoms with Crippen molar-refractivity contribution in [2.24, 2.45) is 11.5 Å². The van der Waals surface area contributed by atoms with Crippen LogP contribution in [0.15, 0.2) is 0 Å². The van der Waals surface area contributed by atoms with Gasteiger partial charge in [-0.05, 0) is 13.3 Å². The molecule has 4 amide bonds. The average molecular weight is 391 g/mol. The third kappa shape index (κ3) is 8.94. The first-order valence-electron chi connectivity index (χ1n) is 7.93. The number of hydrogen-bond donors (Lipinski definition) is 8. The van der Waals surface area contributed by atoms with E-state index in [4.69, 9.17) is 21.7 Å². The highest BCUT2D eigenvalue weighted by Gasteiger charge is 2.29. The first-order valence-corrected chi connectivity index (χ1v) is 7.93. The van der Waals surface area contributed by atoms with Crippen molar-refractivity contribution in [3.8, 4) is 0 Å².